The fourth-order valence-electron chi connectivity index (χ4n) is 2.05. The van der Waals surface area contributed by atoms with Gasteiger partial charge in [-0.3, -0.25) is 5.43 Å². The highest BCUT2D eigenvalue weighted by Crippen LogP contribution is 2.21. The van der Waals surface area contributed by atoms with Crippen molar-refractivity contribution in [3.63, 3.8) is 0 Å². The number of nitrogens with one attached hydrogen (secondary N) is 1. The third kappa shape index (κ3) is 4.47. The summed E-state index contributed by atoms with van der Waals surface area (Å²) in [4.78, 5) is 5.59. The molecular weight excluding hydrogens is 370 g/mol. The first-order valence-corrected chi connectivity index (χ1v) is 9.99. The van der Waals surface area contributed by atoms with Crippen LogP contribution in [0.5, 0.6) is 5.75 Å². The lowest BCUT2D eigenvalue weighted by atomic mass is 10.2. The summed E-state index contributed by atoms with van der Waals surface area (Å²) < 4.78 is 29.5. The summed E-state index contributed by atoms with van der Waals surface area (Å²) in [6.45, 7) is 3.95. The second-order valence-corrected chi connectivity index (χ2v) is 8.20. The summed E-state index contributed by atoms with van der Waals surface area (Å²) in [6, 6.07) is 14.6. The van der Waals surface area contributed by atoms with Gasteiger partial charge < -0.3 is 4.18 Å². The smallest absolute Gasteiger partial charge is 0.339 e. The van der Waals surface area contributed by atoms with Crippen LogP contribution in [0.25, 0.3) is 0 Å². The molecule has 0 saturated carbocycles. The zero-order chi connectivity index (χ0) is 18.6. The molecule has 2 aromatic carbocycles. The zero-order valence-electron chi connectivity index (χ0n) is 14.2. The Bertz CT molecular complexity index is 992. The third-order valence-electron chi connectivity index (χ3n) is 3.52. The van der Waals surface area contributed by atoms with Crippen LogP contribution in [0, 0.1) is 13.8 Å². The first-order chi connectivity index (χ1) is 12.4. The molecule has 134 valence electrons. The lowest BCUT2D eigenvalue weighted by molar-refractivity contribution is 0.486. The van der Waals surface area contributed by atoms with Crippen molar-refractivity contribution in [3.8, 4) is 5.75 Å². The van der Waals surface area contributed by atoms with Gasteiger partial charge in [0.15, 0.2) is 0 Å². The van der Waals surface area contributed by atoms with Crippen molar-refractivity contribution in [2.45, 2.75) is 18.7 Å². The predicted octanol–water partition coefficient (Wildman–Crippen LogP) is 3.97. The molecule has 0 amide bonds. The van der Waals surface area contributed by atoms with Crippen molar-refractivity contribution in [2.75, 3.05) is 5.43 Å². The molecule has 1 N–H and O–H groups in total. The molecule has 8 heteroatoms. The summed E-state index contributed by atoms with van der Waals surface area (Å²) in [6.07, 6.45) is 1.63. The van der Waals surface area contributed by atoms with Gasteiger partial charge in [-0.15, -0.1) is 11.3 Å². The van der Waals surface area contributed by atoms with Gasteiger partial charge in [-0.05, 0) is 55.8 Å². The topological polar surface area (TPSA) is 80.7 Å². The van der Waals surface area contributed by atoms with Gasteiger partial charge >= 0.3 is 10.1 Å². The first kappa shape index (κ1) is 18.1. The number of nitrogens with zero attached hydrogens (tertiary/aromatic N) is 2. The zero-order valence-corrected chi connectivity index (χ0v) is 15.8. The predicted molar refractivity (Wildman–Crippen MR) is 104 cm³/mol. The van der Waals surface area contributed by atoms with Crippen LogP contribution in [-0.4, -0.2) is 19.6 Å². The molecule has 0 atom stereocenters. The van der Waals surface area contributed by atoms with Crippen molar-refractivity contribution >= 4 is 32.8 Å². The van der Waals surface area contributed by atoms with E-state index in [4.69, 9.17) is 4.18 Å². The summed E-state index contributed by atoms with van der Waals surface area (Å²) >= 11 is 1.53. The number of aryl methyl sites for hydroxylation is 2. The standard InChI is InChI=1S/C18H17N3O3S2/c1-13-14(2)25-18(20-13)21-19-12-15-8-10-16(11-9-15)24-26(22,23)17-6-4-3-5-7-17/h3-12H,1-2H3,(H,20,21)/b19-12+. The van der Waals surface area contributed by atoms with Crippen LogP contribution < -0.4 is 9.61 Å². The molecule has 0 fully saturated rings. The van der Waals surface area contributed by atoms with E-state index in [1.807, 2.05) is 13.8 Å². The monoisotopic (exact) mass is 387 g/mol. The number of anilines is 1. The summed E-state index contributed by atoms with van der Waals surface area (Å²) in [7, 11) is -3.83. The minimum absolute atomic E-state index is 0.115. The van der Waals surface area contributed by atoms with E-state index < -0.39 is 10.1 Å². The average molecular weight is 387 g/mol. The number of hydrogen-bond acceptors (Lipinski definition) is 7. The third-order valence-corrected chi connectivity index (χ3v) is 5.76. The maximum Gasteiger partial charge on any atom is 0.339 e. The van der Waals surface area contributed by atoms with Gasteiger partial charge in [-0.25, -0.2) is 4.98 Å². The van der Waals surface area contributed by atoms with Crippen LogP contribution in [-0.2, 0) is 10.1 Å². The van der Waals surface area contributed by atoms with Gasteiger partial charge in [0.05, 0.1) is 11.9 Å². The molecule has 1 heterocycles. The Morgan fingerprint density at radius 1 is 1.08 bits per heavy atom. The van der Waals surface area contributed by atoms with Crippen LogP contribution in [0.1, 0.15) is 16.1 Å². The van der Waals surface area contributed by atoms with E-state index in [1.54, 1.807) is 48.7 Å². The molecule has 3 aromatic rings. The maximum atomic E-state index is 12.2. The maximum absolute atomic E-state index is 12.2. The number of hydrogen-bond donors (Lipinski definition) is 1. The second kappa shape index (κ2) is 7.67. The van der Waals surface area contributed by atoms with Crippen molar-refractivity contribution < 1.29 is 12.6 Å². The lowest BCUT2D eigenvalue weighted by Crippen LogP contribution is -2.09. The minimum atomic E-state index is -3.83. The van der Waals surface area contributed by atoms with E-state index in [9.17, 15) is 8.42 Å². The van der Waals surface area contributed by atoms with Gasteiger partial charge in [0.25, 0.3) is 0 Å². The van der Waals surface area contributed by atoms with Gasteiger partial charge in [-0.1, -0.05) is 18.2 Å². The Morgan fingerprint density at radius 2 is 1.77 bits per heavy atom. The molecule has 0 radical (unpaired) electrons. The molecule has 0 unspecified atom stereocenters. The number of hydrazone groups is 1. The van der Waals surface area contributed by atoms with E-state index in [0.29, 0.717) is 0 Å². The van der Waals surface area contributed by atoms with Crippen LogP contribution >= 0.6 is 11.3 Å². The molecule has 0 aliphatic carbocycles. The number of rotatable bonds is 6. The fourth-order valence-corrected chi connectivity index (χ4v) is 3.77. The highest BCUT2D eigenvalue weighted by Gasteiger charge is 2.15. The molecular formula is C18H17N3O3S2. The molecule has 0 bridgehead atoms. The average Bonchev–Trinajstić information content (AvgIpc) is 2.95. The first-order valence-electron chi connectivity index (χ1n) is 7.77. The highest BCUT2D eigenvalue weighted by atomic mass is 32.2. The van der Waals surface area contributed by atoms with Crippen LogP contribution in [0.15, 0.2) is 64.6 Å². The van der Waals surface area contributed by atoms with Gasteiger partial charge in [-0.2, -0.15) is 13.5 Å². The van der Waals surface area contributed by atoms with Gasteiger partial charge in [0, 0.05) is 4.88 Å². The van der Waals surface area contributed by atoms with E-state index in [1.165, 1.54) is 23.5 Å². The van der Waals surface area contributed by atoms with Crippen molar-refractivity contribution in [1.29, 1.82) is 0 Å². The van der Waals surface area contributed by atoms with Crippen molar-refractivity contribution in [1.82, 2.24) is 4.98 Å². The van der Waals surface area contributed by atoms with Crippen LogP contribution in [0.4, 0.5) is 5.13 Å². The summed E-state index contributed by atoms with van der Waals surface area (Å²) in [5.41, 5.74) is 4.66. The molecule has 0 saturated heterocycles. The van der Waals surface area contributed by atoms with Crippen LogP contribution in [0.3, 0.4) is 0 Å². The normalized spacial score (nSPS) is 11.6. The Balaban J connectivity index is 1.64. The van der Waals surface area contributed by atoms with E-state index in [2.05, 4.69) is 15.5 Å². The van der Waals surface area contributed by atoms with E-state index >= 15 is 0 Å². The highest BCUT2D eigenvalue weighted by molar-refractivity contribution is 7.87. The second-order valence-electron chi connectivity index (χ2n) is 5.45. The van der Waals surface area contributed by atoms with E-state index in [-0.39, 0.29) is 10.6 Å². The molecule has 0 spiro atoms. The van der Waals surface area contributed by atoms with Crippen molar-refractivity contribution in [2.24, 2.45) is 5.10 Å². The fraction of sp³-hybridized carbons (Fsp3) is 0.111. The summed E-state index contributed by atoms with van der Waals surface area (Å²) in [5.74, 6) is 0.241. The van der Waals surface area contributed by atoms with Crippen molar-refractivity contribution in [3.05, 3.63) is 70.7 Å². The molecule has 26 heavy (non-hydrogen) atoms. The lowest BCUT2D eigenvalue weighted by Gasteiger charge is -2.06. The van der Waals surface area contributed by atoms with Crippen LogP contribution in [0.2, 0.25) is 0 Å². The largest absolute Gasteiger partial charge is 0.379 e. The van der Waals surface area contributed by atoms with Gasteiger partial charge in [0.1, 0.15) is 10.6 Å². The Hall–Kier alpha value is -2.71. The Morgan fingerprint density at radius 3 is 2.38 bits per heavy atom. The quantitative estimate of drug-likeness (QED) is 0.393. The molecule has 3 rings (SSSR count). The molecule has 1 aromatic heterocycles. The minimum Gasteiger partial charge on any atom is -0.379 e. The molecule has 0 aliphatic heterocycles. The summed E-state index contributed by atoms with van der Waals surface area (Å²) in [5, 5.41) is 4.86. The Kier molecular flexibility index (Phi) is 5.34. The molecule has 0 aliphatic rings. The number of aromatic nitrogens is 1. The Labute approximate surface area is 156 Å². The SMILES string of the molecule is Cc1nc(N/N=C/c2ccc(OS(=O)(=O)c3ccccc3)cc2)sc1C. The number of benzene rings is 2. The number of thiazole rings is 1. The van der Waals surface area contributed by atoms with Gasteiger partial charge in [0.2, 0.25) is 5.13 Å². The van der Waals surface area contributed by atoms with E-state index in [0.717, 1.165) is 21.3 Å². The molecule has 6 nitrogen and oxygen atoms in total.